The number of hydrogen-bond donors (Lipinski definition) is 1. The molecule has 0 aromatic rings. The Balaban J connectivity index is 1.74. The fraction of sp³-hybridized carbons (Fsp3) is 0.438. The van der Waals surface area contributed by atoms with Gasteiger partial charge in [0.05, 0.1) is 12.1 Å². The number of carboxylic acids is 1. The van der Waals surface area contributed by atoms with Crippen LogP contribution in [0.15, 0.2) is 41.1 Å². The summed E-state index contributed by atoms with van der Waals surface area (Å²) in [5.41, 5.74) is 1.21. The molecule has 1 saturated heterocycles. The molecule has 2 atom stereocenters. The predicted molar refractivity (Wildman–Crippen MR) is 78.6 cm³/mol. The highest BCUT2D eigenvalue weighted by Gasteiger charge is 2.26. The number of rotatable bonds is 2. The highest BCUT2D eigenvalue weighted by molar-refractivity contribution is 6.40. The number of aliphatic carboxylic acids is 1. The van der Waals surface area contributed by atoms with E-state index in [-0.39, 0.29) is 23.6 Å². The molecular weight excluding hydrogens is 266 g/mol. The topological polar surface area (TPSA) is 76.7 Å². The third-order valence-electron chi connectivity index (χ3n) is 4.25. The molecule has 0 aromatic heterocycles. The van der Waals surface area contributed by atoms with E-state index in [1.165, 1.54) is 0 Å². The van der Waals surface area contributed by atoms with Gasteiger partial charge in [-0.05, 0) is 31.1 Å². The van der Waals surface area contributed by atoms with Crippen LogP contribution in [-0.4, -0.2) is 40.8 Å². The second-order valence-electron chi connectivity index (χ2n) is 5.59. The first kappa shape index (κ1) is 13.6. The molecule has 5 nitrogen and oxygen atoms in total. The van der Waals surface area contributed by atoms with E-state index in [1.807, 2.05) is 12.2 Å². The van der Waals surface area contributed by atoms with Gasteiger partial charge in [-0.15, -0.1) is 0 Å². The van der Waals surface area contributed by atoms with Crippen molar-refractivity contribution < 1.29 is 9.90 Å². The molecule has 1 aliphatic carbocycles. The molecule has 3 aliphatic rings. The molecule has 2 unspecified atom stereocenters. The summed E-state index contributed by atoms with van der Waals surface area (Å²) in [6.45, 7) is 1.74. The van der Waals surface area contributed by atoms with Crippen LogP contribution in [-0.2, 0) is 4.79 Å². The molecule has 0 bridgehead atoms. The number of nitrogens with zero attached hydrogens (tertiary/aromatic N) is 3. The zero-order chi connectivity index (χ0) is 14.8. The highest BCUT2D eigenvalue weighted by atomic mass is 16.4. The second kappa shape index (κ2) is 5.57. The third-order valence-corrected chi connectivity index (χ3v) is 4.25. The van der Waals surface area contributed by atoms with E-state index < -0.39 is 5.97 Å². The van der Waals surface area contributed by atoms with Crippen LogP contribution in [0.3, 0.4) is 0 Å². The van der Waals surface area contributed by atoms with E-state index >= 15 is 0 Å². The van der Waals surface area contributed by atoms with Gasteiger partial charge >= 0.3 is 5.97 Å². The van der Waals surface area contributed by atoms with Gasteiger partial charge in [-0.2, -0.15) is 5.26 Å². The molecule has 5 heteroatoms. The molecule has 0 aromatic carbocycles. The van der Waals surface area contributed by atoms with Crippen LogP contribution in [0.2, 0.25) is 0 Å². The van der Waals surface area contributed by atoms with Crippen molar-refractivity contribution in [1.82, 2.24) is 4.90 Å². The van der Waals surface area contributed by atoms with Crippen molar-refractivity contribution in [3.63, 3.8) is 0 Å². The van der Waals surface area contributed by atoms with Gasteiger partial charge in [0.1, 0.15) is 5.71 Å². The number of carbonyl (C=O) groups is 1. The average molecular weight is 283 g/mol. The molecular formula is C16H17N3O2. The van der Waals surface area contributed by atoms with Crippen LogP contribution in [0.4, 0.5) is 0 Å². The SMILES string of the molecule is N#CC1CCN(C2=CC3N=C(C(=O)O)C=CC3C=C2)CC1. The number of nitriles is 1. The van der Waals surface area contributed by atoms with Gasteiger partial charge in [-0.3, -0.25) is 4.99 Å². The maximum absolute atomic E-state index is 11.0. The monoisotopic (exact) mass is 283 g/mol. The predicted octanol–water partition coefficient (Wildman–Crippen LogP) is 1.76. The minimum atomic E-state index is -0.982. The number of likely N-dealkylation sites (tertiary alicyclic amines) is 1. The molecule has 3 rings (SSSR count). The molecule has 0 amide bonds. The Morgan fingerprint density at radius 2 is 2.05 bits per heavy atom. The van der Waals surface area contributed by atoms with Crippen molar-refractivity contribution in [3.05, 3.63) is 36.1 Å². The van der Waals surface area contributed by atoms with Gasteiger partial charge in [0.2, 0.25) is 0 Å². The zero-order valence-corrected chi connectivity index (χ0v) is 11.6. The van der Waals surface area contributed by atoms with Crippen LogP contribution >= 0.6 is 0 Å². The van der Waals surface area contributed by atoms with E-state index in [0.29, 0.717) is 0 Å². The summed E-state index contributed by atoms with van der Waals surface area (Å²) in [6.07, 6.45) is 11.5. The quantitative estimate of drug-likeness (QED) is 0.837. The molecule has 108 valence electrons. The van der Waals surface area contributed by atoms with E-state index in [4.69, 9.17) is 10.4 Å². The van der Waals surface area contributed by atoms with Gasteiger partial charge in [-0.1, -0.05) is 12.2 Å². The number of fused-ring (bicyclic) bond motifs is 1. The number of dihydropyridines is 1. The minimum Gasteiger partial charge on any atom is -0.477 e. The highest BCUT2D eigenvalue weighted by Crippen LogP contribution is 2.28. The van der Waals surface area contributed by atoms with Crippen LogP contribution in [0, 0.1) is 23.2 Å². The van der Waals surface area contributed by atoms with Crippen molar-refractivity contribution in [2.24, 2.45) is 16.8 Å². The van der Waals surface area contributed by atoms with Gasteiger partial charge < -0.3 is 10.0 Å². The summed E-state index contributed by atoms with van der Waals surface area (Å²) >= 11 is 0. The Morgan fingerprint density at radius 1 is 1.33 bits per heavy atom. The molecule has 1 fully saturated rings. The van der Waals surface area contributed by atoms with Crippen molar-refractivity contribution in [2.75, 3.05) is 13.1 Å². The normalized spacial score (nSPS) is 28.4. The van der Waals surface area contributed by atoms with Crippen molar-refractivity contribution >= 4 is 11.7 Å². The van der Waals surface area contributed by atoms with Crippen molar-refractivity contribution in [3.8, 4) is 6.07 Å². The zero-order valence-electron chi connectivity index (χ0n) is 11.6. The third kappa shape index (κ3) is 2.75. The molecule has 0 radical (unpaired) electrons. The first-order valence-corrected chi connectivity index (χ1v) is 7.21. The molecule has 2 aliphatic heterocycles. The number of aliphatic imine (C=N–C) groups is 1. The Morgan fingerprint density at radius 3 is 2.71 bits per heavy atom. The van der Waals surface area contributed by atoms with Gasteiger partial charge in [0.25, 0.3) is 0 Å². The Labute approximate surface area is 123 Å². The number of piperidine rings is 1. The Hall–Kier alpha value is -2.35. The van der Waals surface area contributed by atoms with Crippen LogP contribution < -0.4 is 0 Å². The standard InChI is InChI=1S/C16H17N3O2/c17-10-11-5-7-19(8-6-11)13-3-1-12-2-4-14(16(20)21)18-15(12)9-13/h1-4,9,11-12,15H,5-8H2,(H,20,21). The minimum absolute atomic E-state index is 0.116. The van der Waals surface area contributed by atoms with E-state index in [1.54, 1.807) is 6.08 Å². The molecule has 0 saturated carbocycles. The summed E-state index contributed by atoms with van der Waals surface area (Å²) in [7, 11) is 0. The lowest BCUT2D eigenvalue weighted by molar-refractivity contribution is -0.129. The lowest BCUT2D eigenvalue weighted by atomic mass is 9.90. The van der Waals surface area contributed by atoms with E-state index in [0.717, 1.165) is 31.6 Å². The number of allylic oxidation sites excluding steroid dienone is 1. The Kier molecular flexibility index (Phi) is 3.61. The Bertz CT molecular complexity index is 602. The van der Waals surface area contributed by atoms with E-state index in [2.05, 4.69) is 28.1 Å². The smallest absolute Gasteiger partial charge is 0.354 e. The van der Waals surface area contributed by atoms with Crippen LogP contribution in [0.1, 0.15) is 12.8 Å². The van der Waals surface area contributed by atoms with E-state index in [9.17, 15) is 4.79 Å². The molecule has 0 spiro atoms. The second-order valence-corrected chi connectivity index (χ2v) is 5.59. The lowest BCUT2D eigenvalue weighted by Crippen LogP contribution is -2.34. The number of carboxylic acid groups (broad SMARTS) is 1. The van der Waals surface area contributed by atoms with Crippen LogP contribution in [0.5, 0.6) is 0 Å². The number of hydrogen-bond acceptors (Lipinski definition) is 4. The lowest BCUT2D eigenvalue weighted by Gasteiger charge is -2.34. The van der Waals surface area contributed by atoms with Gasteiger partial charge in [-0.25, -0.2) is 4.79 Å². The largest absolute Gasteiger partial charge is 0.477 e. The van der Waals surface area contributed by atoms with Gasteiger partial charge in [0, 0.05) is 30.6 Å². The molecule has 1 N–H and O–H groups in total. The summed E-state index contributed by atoms with van der Waals surface area (Å²) in [4.78, 5) is 17.6. The van der Waals surface area contributed by atoms with Crippen molar-refractivity contribution in [2.45, 2.75) is 18.9 Å². The first-order chi connectivity index (χ1) is 10.2. The van der Waals surface area contributed by atoms with Crippen molar-refractivity contribution in [1.29, 1.82) is 5.26 Å². The summed E-state index contributed by atoms with van der Waals surface area (Å²) in [6, 6.07) is 2.20. The molecule has 2 heterocycles. The summed E-state index contributed by atoms with van der Waals surface area (Å²) in [5, 5.41) is 18.0. The average Bonchev–Trinajstić information content (AvgIpc) is 2.54. The molecule has 21 heavy (non-hydrogen) atoms. The fourth-order valence-electron chi connectivity index (χ4n) is 2.98. The summed E-state index contributed by atoms with van der Waals surface area (Å²) in [5.74, 6) is -0.672. The van der Waals surface area contributed by atoms with Crippen LogP contribution in [0.25, 0.3) is 0 Å². The fourth-order valence-corrected chi connectivity index (χ4v) is 2.98. The first-order valence-electron chi connectivity index (χ1n) is 7.21. The maximum atomic E-state index is 11.0. The summed E-state index contributed by atoms with van der Waals surface area (Å²) < 4.78 is 0. The van der Waals surface area contributed by atoms with Gasteiger partial charge in [0.15, 0.2) is 0 Å². The maximum Gasteiger partial charge on any atom is 0.354 e.